The Hall–Kier alpha value is -3.71. The lowest BCUT2D eigenvalue weighted by atomic mass is 9.74. The molecule has 2 aromatic carbocycles. The van der Waals surface area contributed by atoms with E-state index in [0.29, 0.717) is 23.1 Å². The summed E-state index contributed by atoms with van der Waals surface area (Å²) in [6, 6.07) is 4.29. The predicted molar refractivity (Wildman–Crippen MR) is 189 cm³/mol. The zero-order chi connectivity index (χ0) is 36.7. The number of hydrogen-bond donors (Lipinski definition) is 3. The van der Waals surface area contributed by atoms with E-state index in [1.807, 2.05) is 44.9 Å². The molecule has 2 saturated heterocycles. The highest BCUT2D eigenvalue weighted by Crippen LogP contribution is 2.49. The van der Waals surface area contributed by atoms with E-state index < -0.39 is 59.5 Å². The van der Waals surface area contributed by atoms with Gasteiger partial charge in [-0.05, 0) is 111 Å². The number of aryl methyl sites for hydroxylation is 1. The molecule has 0 radical (unpaired) electrons. The molecule has 11 nitrogen and oxygen atoms in total. The number of fused-ring (bicyclic) bond motifs is 4. The van der Waals surface area contributed by atoms with Gasteiger partial charge >= 0.3 is 0 Å². The average molecular weight is 689 g/mol. The van der Waals surface area contributed by atoms with Crippen LogP contribution in [0.3, 0.4) is 0 Å². The molecule has 3 heterocycles. The van der Waals surface area contributed by atoms with E-state index in [9.17, 15) is 29.7 Å². The number of phenols is 1. The number of carbonyl (C=O) groups is 2. The van der Waals surface area contributed by atoms with Crippen LogP contribution in [0.1, 0.15) is 114 Å². The van der Waals surface area contributed by atoms with Gasteiger partial charge in [0.05, 0.1) is 53.1 Å². The molecule has 3 aliphatic rings. The van der Waals surface area contributed by atoms with E-state index >= 15 is 0 Å². The number of nitrogens with zero attached hydrogens (tertiary/aromatic N) is 2. The quantitative estimate of drug-likeness (QED) is 0.268. The molecule has 1 aliphatic carbocycles. The van der Waals surface area contributed by atoms with Crippen molar-refractivity contribution in [2.24, 2.45) is 0 Å². The summed E-state index contributed by atoms with van der Waals surface area (Å²) in [7, 11) is 7.46. The molecule has 268 valence electrons. The molecule has 3 N–H and O–H groups in total. The maximum absolute atomic E-state index is 14.9. The van der Waals surface area contributed by atoms with Crippen molar-refractivity contribution in [1.29, 1.82) is 0 Å². The first-order chi connectivity index (χ1) is 23.4. The summed E-state index contributed by atoms with van der Waals surface area (Å²) in [5.74, 6) is -1.31. The smallest absolute Gasteiger partial charge is 0.202 e. The number of hydrogen-bond acceptors (Lipinski definition) is 11. The third kappa shape index (κ3) is 5.46. The van der Waals surface area contributed by atoms with Crippen molar-refractivity contribution >= 4 is 28.1 Å². The molecule has 6 rings (SSSR count). The van der Waals surface area contributed by atoms with Crippen LogP contribution in [-0.2, 0) is 9.47 Å². The number of ketones is 2. The Morgan fingerprint density at radius 3 is 2.20 bits per heavy atom. The number of aromatic hydroxyl groups is 1. The molecule has 0 spiro atoms. The van der Waals surface area contributed by atoms with Gasteiger partial charge in [0.15, 0.2) is 16.8 Å². The Kier molecular flexibility index (Phi) is 9.24. The van der Waals surface area contributed by atoms with Crippen LogP contribution in [0.4, 0.5) is 0 Å². The van der Waals surface area contributed by atoms with Crippen LogP contribution in [0, 0.1) is 6.92 Å². The monoisotopic (exact) mass is 688 g/mol. The highest BCUT2D eigenvalue weighted by atomic mass is 16.5. The summed E-state index contributed by atoms with van der Waals surface area (Å²) in [6.45, 7) is 10.7. The first-order valence-corrected chi connectivity index (χ1v) is 17.2. The van der Waals surface area contributed by atoms with Gasteiger partial charge in [-0.15, -0.1) is 0 Å². The fraction of sp³-hybridized carbons (Fsp3) is 0.513. The van der Waals surface area contributed by atoms with Crippen LogP contribution in [0.5, 0.6) is 5.75 Å². The molecule has 0 amide bonds. The highest BCUT2D eigenvalue weighted by Gasteiger charge is 2.49. The zero-order valence-corrected chi connectivity index (χ0v) is 30.5. The number of phenolic OH excluding ortho intramolecular Hbond substituents is 1. The van der Waals surface area contributed by atoms with Gasteiger partial charge in [-0.2, -0.15) is 0 Å². The Labute approximate surface area is 292 Å². The average Bonchev–Trinajstić information content (AvgIpc) is 3.05. The molecule has 0 saturated carbocycles. The summed E-state index contributed by atoms with van der Waals surface area (Å²) in [5, 5.41) is 34.5. The maximum atomic E-state index is 14.9. The normalized spacial score (nSPS) is 30.3. The minimum absolute atomic E-state index is 0.0102. The van der Waals surface area contributed by atoms with Crippen molar-refractivity contribution in [3.05, 3.63) is 79.2 Å². The fourth-order valence-electron chi connectivity index (χ4n) is 8.00. The third-order valence-electron chi connectivity index (χ3n) is 11.5. The Balaban J connectivity index is 1.65. The van der Waals surface area contributed by atoms with Crippen molar-refractivity contribution < 1.29 is 38.8 Å². The van der Waals surface area contributed by atoms with Crippen LogP contribution in [0.25, 0.3) is 16.5 Å². The highest BCUT2D eigenvalue weighted by molar-refractivity contribution is 6.33. The van der Waals surface area contributed by atoms with E-state index in [-0.39, 0.29) is 62.4 Å². The molecule has 1 aromatic heterocycles. The van der Waals surface area contributed by atoms with Crippen molar-refractivity contribution in [1.82, 2.24) is 9.80 Å². The number of allylic oxidation sites excluding steroid dienone is 2. The Morgan fingerprint density at radius 2 is 1.58 bits per heavy atom. The lowest BCUT2D eigenvalue weighted by molar-refractivity contribution is -0.176. The number of rotatable bonds is 5. The van der Waals surface area contributed by atoms with Gasteiger partial charge in [-0.3, -0.25) is 14.4 Å². The second-order valence-corrected chi connectivity index (χ2v) is 14.9. The van der Waals surface area contributed by atoms with Gasteiger partial charge in [-0.1, -0.05) is 6.08 Å². The van der Waals surface area contributed by atoms with Crippen molar-refractivity contribution in [3.8, 4) is 5.75 Å². The number of aliphatic hydroxyl groups excluding tert-OH is 2. The fourth-order valence-corrected chi connectivity index (χ4v) is 8.00. The van der Waals surface area contributed by atoms with Crippen molar-refractivity contribution in [2.75, 3.05) is 28.2 Å². The number of carbonyl (C=O) groups excluding carboxylic acids is 2. The van der Waals surface area contributed by atoms with E-state index in [2.05, 4.69) is 0 Å². The molecular formula is C39H48N2O9. The SMILES string of the molecule is CC=C(C)c1cc(=O)c2c(C)cc3c(c2o1)C(=O)c1c(O)c(C2CC(C)(N(C)C)C(O)C(C)O2)cc(C2CC(N(C)C)C(O)C(C)O2)c1C3=O. The molecule has 11 heteroatoms. The number of ether oxygens (including phenoxy) is 2. The summed E-state index contributed by atoms with van der Waals surface area (Å²) in [5.41, 5.74) is 0.492. The van der Waals surface area contributed by atoms with Gasteiger partial charge in [0.1, 0.15) is 11.5 Å². The van der Waals surface area contributed by atoms with Gasteiger partial charge in [-0.25, -0.2) is 0 Å². The molecule has 0 bridgehead atoms. The Morgan fingerprint density at radius 1 is 0.920 bits per heavy atom. The molecule has 8 unspecified atom stereocenters. The summed E-state index contributed by atoms with van der Waals surface area (Å²) < 4.78 is 19.0. The van der Waals surface area contributed by atoms with Crippen LogP contribution in [-0.4, -0.2) is 101 Å². The second kappa shape index (κ2) is 12.8. The van der Waals surface area contributed by atoms with E-state index in [0.717, 1.165) is 0 Å². The number of benzene rings is 2. The minimum Gasteiger partial charge on any atom is -0.507 e. The predicted octanol–water partition coefficient (Wildman–Crippen LogP) is 4.68. The van der Waals surface area contributed by atoms with Crippen LogP contribution < -0.4 is 5.43 Å². The standard InChI is InChI=1S/C39H48N2O9/c1-11-17(2)26-15-25(42)29-18(3)12-23-31(37(29)50-26)36(46)32-30(35(23)45)21(27-14-24(40(7)8)33(43)19(4)48-27)13-22(34(32)44)28-16-39(6,41(9)10)38(47)20(5)49-28/h11-13,15,19-20,24,27-28,33,38,43-44,47H,14,16H2,1-10H3. The van der Waals surface area contributed by atoms with E-state index in [4.69, 9.17) is 13.9 Å². The van der Waals surface area contributed by atoms with E-state index in [1.165, 1.54) is 6.07 Å². The Bertz CT molecular complexity index is 2000. The topological polar surface area (TPSA) is 150 Å². The van der Waals surface area contributed by atoms with Gasteiger partial charge in [0, 0.05) is 34.3 Å². The molecule has 8 atom stereocenters. The van der Waals surface area contributed by atoms with Crippen LogP contribution >= 0.6 is 0 Å². The maximum Gasteiger partial charge on any atom is 0.202 e. The molecule has 50 heavy (non-hydrogen) atoms. The van der Waals surface area contributed by atoms with Gasteiger partial charge in [0.25, 0.3) is 0 Å². The summed E-state index contributed by atoms with van der Waals surface area (Å²) >= 11 is 0. The number of likely N-dealkylation sites (N-methyl/N-ethyl adjacent to an activating group) is 2. The van der Waals surface area contributed by atoms with Crippen LogP contribution in [0.2, 0.25) is 0 Å². The van der Waals surface area contributed by atoms with Crippen molar-refractivity contribution in [3.63, 3.8) is 0 Å². The summed E-state index contributed by atoms with van der Waals surface area (Å²) in [4.78, 5) is 47.0. The van der Waals surface area contributed by atoms with Gasteiger partial charge in [0.2, 0.25) is 5.78 Å². The molecule has 2 fully saturated rings. The lowest BCUT2D eigenvalue weighted by Crippen LogP contribution is -2.59. The third-order valence-corrected chi connectivity index (χ3v) is 11.5. The molecule has 2 aliphatic heterocycles. The number of aliphatic hydroxyl groups is 2. The minimum atomic E-state index is -0.847. The molecular weight excluding hydrogens is 640 g/mol. The largest absolute Gasteiger partial charge is 0.507 e. The zero-order valence-electron chi connectivity index (χ0n) is 30.5. The van der Waals surface area contributed by atoms with Crippen molar-refractivity contribution in [2.45, 2.75) is 103 Å². The lowest BCUT2D eigenvalue weighted by Gasteiger charge is -2.49. The summed E-state index contributed by atoms with van der Waals surface area (Å²) in [6.07, 6.45) is -2.05. The second-order valence-electron chi connectivity index (χ2n) is 14.9. The van der Waals surface area contributed by atoms with E-state index in [1.54, 1.807) is 52.8 Å². The van der Waals surface area contributed by atoms with Crippen LogP contribution in [0.15, 0.2) is 33.5 Å². The first-order valence-electron chi connectivity index (χ1n) is 17.2. The molecule has 3 aromatic rings. The van der Waals surface area contributed by atoms with Gasteiger partial charge < -0.3 is 39.0 Å². The first kappa shape index (κ1) is 36.1.